The molecule has 0 radical (unpaired) electrons. The molecule has 0 aliphatic carbocycles. The molecule has 0 saturated carbocycles. The zero-order chi connectivity index (χ0) is 8.20. The largest absolute Gasteiger partial charge is 0.394 e. The van der Waals surface area contributed by atoms with Gasteiger partial charge in [-0.3, -0.25) is 0 Å². The van der Waals surface area contributed by atoms with Crippen LogP contribution in [0.1, 0.15) is 26.7 Å². The van der Waals surface area contributed by atoms with Gasteiger partial charge < -0.3 is 15.3 Å². The summed E-state index contributed by atoms with van der Waals surface area (Å²) in [6, 6.07) is 0. The molecular weight excluding hydrogens is 132 g/mol. The maximum absolute atomic E-state index is 9.37. The zero-order valence-corrected chi connectivity index (χ0v) is 6.54. The number of aliphatic hydroxyl groups excluding tert-OH is 2. The van der Waals surface area contributed by atoms with Gasteiger partial charge in [-0.25, -0.2) is 0 Å². The van der Waals surface area contributed by atoms with Crippen LogP contribution in [0.25, 0.3) is 0 Å². The van der Waals surface area contributed by atoms with E-state index in [1.807, 2.05) is 6.92 Å². The van der Waals surface area contributed by atoms with Gasteiger partial charge in [0, 0.05) is 0 Å². The number of aliphatic hydroxyl groups is 3. The summed E-state index contributed by atoms with van der Waals surface area (Å²) in [6.07, 6.45) is 0.283. The highest BCUT2D eigenvalue weighted by Crippen LogP contribution is 2.15. The van der Waals surface area contributed by atoms with Crippen LogP contribution in [-0.2, 0) is 0 Å². The highest BCUT2D eigenvalue weighted by molar-refractivity contribution is 4.80. The molecule has 0 saturated heterocycles. The van der Waals surface area contributed by atoms with Crippen LogP contribution in [0.5, 0.6) is 0 Å². The second-order valence-corrected chi connectivity index (χ2v) is 2.81. The highest BCUT2D eigenvalue weighted by atomic mass is 16.4. The maximum Gasteiger partial charge on any atom is 0.105 e. The van der Waals surface area contributed by atoms with Crippen molar-refractivity contribution in [3.05, 3.63) is 0 Å². The minimum atomic E-state index is -1.14. The maximum atomic E-state index is 9.37. The van der Waals surface area contributed by atoms with Gasteiger partial charge in [0.25, 0.3) is 0 Å². The summed E-state index contributed by atoms with van der Waals surface area (Å²) in [6.45, 7) is 3.06. The van der Waals surface area contributed by atoms with E-state index in [0.717, 1.165) is 6.42 Å². The first kappa shape index (κ1) is 9.88. The molecule has 0 aromatic carbocycles. The molecule has 0 fully saturated rings. The third-order valence-corrected chi connectivity index (χ3v) is 1.65. The van der Waals surface area contributed by atoms with E-state index in [2.05, 4.69) is 0 Å². The Labute approximate surface area is 61.3 Å². The van der Waals surface area contributed by atoms with Gasteiger partial charge in [-0.2, -0.15) is 0 Å². The topological polar surface area (TPSA) is 60.7 Å². The Morgan fingerprint density at radius 3 is 2.30 bits per heavy atom. The Bertz CT molecular complexity index is 90.9. The molecular formula is C7H16O3. The molecule has 0 aromatic heterocycles. The van der Waals surface area contributed by atoms with Crippen LogP contribution in [0.3, 0.4) is 0 Å². The smallest absolute Gasteiger partial charge is 0.105 e. The van der Waals surface area contributed by atoms with Crippen LogP contribution in [0, 0.1) is 0 Å². The molecule has 0 amide bonds. The Kier molecular flexibility index (Phi) is 3.86. The van der Waals surface area contributed by atoms with Crippen molar-refractivity contribution in [2.75, 3.05) is 6.61 Å². The molecule has 0 aliphatic rings. The van der Waals surface area contributed by atoms with Gasteiger partial charge >= 0.3 is 0 Å². The van der Waals surface area contributed by atoms with Crippen LogP contribution in [0.15, 0.2) is 0 Å². The van der Waals surface area contributed by atoms with Crippen LogP contribution >= 0.6 is 0 Å². The van der Waals surface area contributed by atoms with Gasteiger partial charge in [0.1, 0.15) is 6.10 Å². The fraction of sp³-hybridized carbons (Fsp3) is 1.00. The van der Waals surface area contributed by atoms with Crippen molar-refractivity contribution in [2.45, 2.75) is 38.4 Å². The highest BCUT2D eigenvalue weighted by Gasteiger charge is 2.28. The molecule has 0 spiro atoms. The lowest BCUT2D eigenvalue weighted by atomic mass is 9.94. The molecule has 0 bridgehead atoms. The molecule has 3 heteroatoms. The molecule has 0 aliphatic heterocycles. The first-order chi connectivity index (χ1) is 4.54. The van der Waals surface area contributed by atoms with E-state index in [9.17, 15) is 5.11 Å². The van der Waals surface area contributed by atoms with E-state index in [1.54, 1.807) is 0 Å². The van der Waals surface area contributed by atoms with Crippen molar-refractivity contribution < 1.29 is 15.3 Å². The second kappa shape index (κ2) is 3.91. The molecule has 0 aromatic rings. The van der Waals surface area contributed by atoms with Crippen molar-refractivity contribution in [1.29, 1.82) is 0 Å². The number of rotatable bonds is 4. The Morgan fingerprint density at radius 2 is 2.00 bits per heavy atom. The van der Waals surface area contributed by atoms with E-state index in [4.69, 9.17) is 10.2 Å². The van der Waals surface area contributed by atoms with Crippen LogP contribution in [-0.4, -0.2) is 33.6 Å². The monoisotopic (exact) mass is 148 g/mol. The van der Waals surface area contributed by atoms with Crippen LogP contribution in [0.2, 0.25) is 0 Å². The molecule has 62 valence electrons. The third kappa shape index (κ3) is 2.64. The minimum Gasteiger partial charge on any atom is -0.394 e. The lowest BCUT2D eigenvalue weighted by molar-refractivity contribution is -0.0874. The minimum absolute atomic E-state index is 0.382. The molecule has 0 rings (SSSR count). The van der Waals surface area contributed by atoms with E-state index in [-0.39, 0.29) is 6.61 Å². The summed E-state index contributed by atoms with van der Waals surface area (Å²) in [7, 11) is 0. The fourth-order valence-electron chi connectivity index (χ4n) is 0.869. The van der Waals surface area contributed by atoms with Crippen LogP contribution < -0.4 is 0 Å². The SMILES string of the molecule is CCCC(C)(O)C(O)CO. The normalized spacial score (nSPS) is 20.1. The van der Waals surface area contributed by atoms with Gasteiger partial charge in [0.15, 0.2) is 0 Å². The first-order valence-corrected chi connectivity index (χ1v) is 3.56. The Morgan fingerprint density at radius 1 is 1.50 bits per heavy atom. The molecule has 3 N–H and O–H groups in total. The van der Waals surface area contributed by atoms with Crippen molar-refractivity contribution in [3.63, 3.8) is 0 Å². The lowest BCUT2D eigenvalue weighted by Gasteiger charge is -2.26. The predicted octanol–water partition coefficient (Wildman–Crippen LogP) is -0.109. The van der Waals surface area contributed by atoms with E-state index in [1.165, 1.54) is 6.92 Å². The molecule has 10 heavy (non-hydrogen) atoms. The molecule has 0 heterocycles. The van der Waals surface area contributed by atoms with E-state index < -0.39 is 11.7 Å². The van der Waals surface area contributed by atoms with Gasteiger partial charge in [0.2, 0.25) is 0 Å². The Balaban J connectivity index is 3.82. The van der Waals surface area contributed by atoms with Gasteiger partial charge in [-0.05, 0) is 13.3 Å². The van der Waals surface area contributed by atoms with E-state index in [0.29, 0.717) is 6.42 Å². The number of hydrogen-bond donors (Lipinski definition) is 3. The summed E-state index contributed by atoms with van der Waals surface area (Å²) < 4.78 is 0. The summed E-state index contributed by atoms with van der Waals surface area (Å²) in [4.78, 5) is 0. The average molecular weight is 148 g/mol. The van der Waals surface area contributed by atoms with Crippen molar-refractivity contribution in [2.24, 2.45) is 0 Å². The second-order valence-electron chi connectivity index (χ2n) is 2.81. The molecule has 2 atom stereocenters. The van der Waals surface area contributed by atoms with Crippen LogP contribution in [0.4, 0.5) is 0 Å². The summed E-state index contributed by atoms with van der Waals surface area (Å²) in [5.74, 6) is 0. The lowest BCUT2D eigenvalue weighted by Crippen LogP contribution is -2.41. The predicted molar refractivity (Wildman–Crippen MR) is 38.6 cm³/mol. The van der Waals surface area contributed by atoms with Gasteiger partial charge in [0.05, 0.1) is 12.2 Å². The Hall–Kier alpha value is -0.120. The average Bonchev–Trinajstić information content (AvgIpc) is 1.86. The van der Waals surface area contributed by atoms with Gasteiger partial charge in [-0.1, -0.05) is 13.3 Å². The summed E-state index contributed by atoms with van der Waals surface area (Å²) >= 11 is 0. The first-order valence-electron chi connectivity index (χ1n) is 3.56. The molecule has 3 nitrogen and oxygen atoms in total. The fourth-order valence-corrected chi connectivity index (χ4v) is 0.869. The van der Waals surface area contributed by atoms with Crippen molar-refractivity contribution >= 4 is 0 Å². The van der Waals surface area contributed by atoms with Gasteiger partial charge in [-0.15, -0.1) is 0 Å². The van der Waals surface area contributed by atoms with E-state index >= 15 is 0 Å². The summed E-state index contributed by atoms with van der Waals surface area (Å²) in [5, 5.41) is 26.9. The number of hydrogen-bond acceptors (Lipinski definition) is 3. The zero-order valence-electron chi connectivity index (χ0n) is 6.54. The summed E-state index contributed by atoms with van der Waals surface area (Å²) in [5.41, 5.74) is -1.14. The van der Waals surface area contributed by atoms with Crippen molar-refractivity contribution in [1.82, 2.24) is 0 Å². The standard InChI is InChI=1S/C7H16O3/c1-3-4-7(2,10)6(9)5-8/h6,8-10H,3-5H2,1-2H3. The molecule has 2 unspecified atom stereocenters. The third-order valence-electron chi connectivity index (χ3n) is 1.65. The van der Waals surface area contributed by atoms with Crippen molar-refractivity contribution in [3.8, 4) is 0 Å². The quantitative estimate of drug-likeness (QED) is 0.521.